The second-order valence-corrected chi connectivity index (χ2v) is 2.50. The van der Waals surface area contributed by atoms with Crippen LogP contribution in [0.25, 0.3) is 0 Å². The largest absolute Gasteiger partial charge is 0.356 e. The average molecular weight is 165 g/mol. The quantitative estimate of drug-likeness (QED) is 0.360. The molecule has 0 aliphatic rings. The summed E-state index contributed by atoms with van der Waals surface area (Å²) in [6.07, 6.45) is 9.78. The van der Waals surface area contributed by atoms with E-state index >= 15 is 0 Å². The molecule has 0 fully saturated rings. The van der Waals surface area contributed by atoms with Gasteiger partial charge < -0.3 is 5.32 Å². The first-order chi connectivity index (χ1) is 5.81. The van der Waals surface area contributed by atoms with Crippen LogP contribution in [-0.2, 0) is 4.79 Å². The van der Waals surface area contributed by atoms with E-state index in [1.54, 1.807) is 6.08 Å². The molecular formula is C10H15NO. The van der Waals surface area contributed by atoms with Gasteiger partial charge in [-0.3, -0.25) is 4.79 Å². The molecule has 0 bridgehead atoms. The van der Waals surface area contributed by atoms with Gasteiger partial charge in [0.25, 0.3) is 0 Å². The minimum atomic E-state index is 0.0331. The molecule has 0 saturated heterocycles. The third kappa shape index (κ3) is 6.88. The summed E-state index contributed by atoms with van der Waals surface area (Å²) >= 11 is 0. The highest BCUT2D eigenvalue weighted by atomic mass is 16.1. The Morgan fingerprint density at radius 3 is 2.92 bits per heavy atom. The van der Waals surface area contributed by atoms with Gasteiger partial charge in [0.05, 0.1) is 0 Å². The van der Waals surface area contributed by atoms with Crippen molar-refractivity contribution in [3.8, 4) is 12.3 Å². The lowest BCUT2D eigenvalue weighted by Gasteiger charge is -2.00. The Hall–Kier alpha value is -1.23. The Morgan fingerprint density at radius 2 is 2.33 bits per heavy atom. The van der Waals surface area contributed by atoms with Crippen LogP contribution in [0.4, 0.5) is 0 Å². The lowest BCUT2D eigenvalue weighted by molar-refractivity contribution is -0.120. The van der Waals surface area contributed by atoms with E-state index in [1.807, 2.05) is 0 Å². The summed E-state index contributed by atoms with van der Waals surface area (Å²) in [5.74, 6) is 2.59. The number of hydrogen-bond acceptors (Lipinski definition) is 1. The molecular weight excluding hydrogens is 150 g/mol. The van der Waals surface area contributed by atoms with Gasteiger partial charge in [-0.05, 0) is 12.8 Å². The van der Waals surface area contributed by atoms with E-state index in [0.29, 0.717) is 13.0 Å². The first kappa shape index (κ1) is 10.8. The van der Waals surface area contributed by atoms with E-state index in [2.05, 4.69) is 17.8 Å². The van der Waals surface area contributed by atoms with Crippen LogP contribution in [0.15, 0.2) is 12.7 Å². The summed E-state index contributed by atoms with van der Waals surface area (Å²) < 4.78 is 0. The number of unbranched alkanes of at least 4 members (excludes halogenated alkanes) is 2. The Labute approximate surface area is 74.0 Å². The van der Waals surface area contributed by atoms with Gasteiger partial charge in [-0.1, -0.05) is 6.08 Å². The van der Waals surface area contributed by atoms with Crippen LogP contribution >= 0.6 is 0 Å². The third-order valence-corrected chi connectivity index (χ3v) is 1.40. The van der Waals surface area contributed by atoms with E-state index in [-0.39, 0.29) is 5.91 Å². The van der Waals surface area contributed by atoms with Gasteiger partial charge in [0.2, 0.25) is 5.91 Å². The Kier molecular flexibility index (Phi) is 7.07. The fraction of sp³-hybridized carbons (Fsp3) is 0.500. The van der Waals surface area contributed by atoms with E-state index in [9.17, 15) is 4.79 Å². The zero-order valence-electron chi connectivity index (χ0n) is 7.31. The van der Waals surface area contributed by atoms with Crippen LogP contribution < -0.4 is 5.32 Å². The van der Waals surface area contributed by atoms with E-state index in [0.717, 1.165) is 19.3 Å². The molecule has 0 spiro atoms. The number of terminal acetylenes is 1. The molecule has 0 aromatic carbocycles. The molecule has 0 aliphatic heterocycles. The zero-order valence-corrected chi connectivity index (χ0v) is 7.31. The first-order valence-corrected chi connectivity index (χ1v) is 4.12. The van der Waals surface area contributed by atoms with Gasteiger partial charge in [-0.2, -0.15) is 0 Å². The Balaban J connectivity index is 3.15. The molecule has 0 atom stereocenters. The standard InChI is InChI=1S/C10H15NO/c1-3-5-6-7-9-11-10(12)8-4-2/h1,4H,2,5-9H2,(H,11,12). The van der Waals surface area contributed by atoms with Crippen LogP contribution in [0.5, 0.6) is 0 Å². The first-order valence-electron chi connectivity index (χ1n) is 4.12. The van der Waals surface area contributed by atoms with Gasteiger partial charge in [0.15, 0.2) is 0 Å². The topological polar surface area (TPSA) is 29.1 Å². The normalized spacial score (nSPS) is 8.58. The highest BCUT2D eigenvalue weighted by molar-refractivity contribution is 5.77. The van der Waals surface area contributed by atoms with Crippen molar-refractivity contribution in [3.05, 3.63) is 12.7 Å². The maximum Gasteiger partial charge on any atom is 0.223 e. The van der Waals surface area contributed by atoms with Crippen LogP contribution in [0, 0.1) is 12.3 Å². The van der Waals surface area contributed by atoms with E-state index in [4.69, 9.17) is 6.42 Å². The SMILES string of the molecule is C#CCCCCNC(=O)CC=C. The van der Waals surface area contributed by atoms with Gasteiger partial charge >= 0.3 is 0 Å². The molecule has 2 nitrogen and oxygen atoms in total. The van der Waals surface area contributed by atoms with Crippen molar-refractivity contribution in [2.75, 3.05) is 6.54 Å². The van der Waals surface area contributed by atoms with Gasteiger partial charge in [-0.25, -0.2) is 0 Å². The zero-order chi connectivity index (χ0) is 9.23. The predicted molar refractivity (Wildman–Crippen MR) is 50.5 cm³/mol. The maximum atomic E-state index is 10.9. The molecule has 0 aromatic heterocycles. The van der Waals surface area contributed by atoms with Crippen molar-refractivity contribution in [2.45, 2.75) is 25.7 Å². The molecule has 0 heterocycles. The van der Waals surface area contributed by atoms with Crippen molar-refractivity contribution in [3.63, 3.8) is 0 Å². The molecule has 0 aliphatic carbocycles. The monoisotopic (exact) mass is 165 g/mol. The molecule has 0 aromatic rings. The van der Waals surface area contributed by atoms with Crippen LogP contribution in [0.1, 0.15) is 25.7 Å². The van der Waals surface area contributed by atoms with Gasteiger partial charge in [-0.15, -0.1) is 18.9 Å². The molecule has 0 unspecified atom stereocenters. The Morgan fingerprint density at radius 1 is 1.58 bits per heavy atom. The molecule has 1 amide bonds. The smallest absolute Gasteiger partial charge is 0.223 e. The lowest BCUT2D eigenvalue weighted by atomic mass is 10.2. The number of nitrogens with one attached hydrogen (secondary N) is 1. The summed E-state index contributed by atoms with van der Waals surface area (Å²) in [6, 6.07) is 0. The third-order valence-electron chi connectivity index (χ3n) is 1.40. The fourth-order valence-electron chi connectivity index (χ4n) is 0.783. The number of carbonyl (C=O) groups excluding carboxylic acids is 1. The van der Waals surface area contributed by atoms with Crippen molar-refractivity contribution >= 4 is 5.91 Å². The van der Waals surface area contributed by atoms with E-state index in [1.165, 1.54) is 0 Å². The number of carbonyl (C=O) groups is 1. The number of hydrogen-bond donors (Lipinski definition) is 1. The second kappa shape index (κ2) is 7.87. The highest BCUT2D eigenvalue weighted by Gasteiger charge is 1.94. The van der Waals surface area contributed by atoms with Crippen LogP contribution in [-0.4, -0.2) is 12.5 Å². The van der Waals surface area contributed by atoms with Crippen molar-refractivity contribution < 1.29 is 4.79 Å². The van der Waals surface area contributed by atoms with Crippen molar-refractivity contribution in [1.82, 2.24) is 5.32 Å². The summed E-state index contributed by atoms with van der Waals surface area (Å²) in [4.78, 5) is 10.9. The summed E-state index contributed by atoms with van der Waals surface area (Å²) in [7, 11) is 0. The molecule has 66 valence electrons. The van der Waals surface area contributed by atoms with Gasteiger partial charge in [0, 0.05) is 19.4 Å². The molecule has 0 saturated carbocycles. The summed E-state index contributed by atoms with van der Waals surface area (Å²) in [5.41, 5.74) is 0. The van der Waals surface area contributed by atoms with Crippen LogP contribution in [0.2, 0.25) is 0 Å². The summed E-state index contributed by atoms with van der Waals surface area (Å²) in [5, 5.41) is 2.76. The van der Waals surface area contributed by atoms with Crippen LogP contribution in [0.3, 0.4) is 0 Å². The van der Waals surface area contributed by atoms with Gasteiger partial charge in [0.1, 0.15) is 0 Å². The summed E-state index contributed by atoms with van der Waals surface area (Å²) in [6.45, 7) is 4.19. The number of amides is 1. The minimum absolute atomic E-state index is 0.0331. The predicted octanol–water partition coefficient (Wildman–Crippen LogP) is 1.48. The van der Waals surface area contributed by atoms with Crippen molar-refractivity contribution in [2.24, 2.45) is 0 Å². The fourth-order valence-corrected chi connectivity index (χ4v) is 0.783. The molecule has 1 N–H and O–H groups in total. The maximum absolute atomic E-state index is 10.9. The van der Waals surface area contributed by atoms with E-state index < -0.39 is 0 Å². The lowest BCUT2D eigenvalue weighted by Crippen LogP contribution is -2.23. The molecule has 0 radical (unpaired) electrons. The average Bonchev–Trinajstić information content (AvgIpc) is 2.05. The second-order valence-electron chi connectivity index (χ2n) is 2.50. The Bertz CT molecular complexity index is 179. The molecule has 12 heavy (non-hydrogen) atoms. The highest BCUT2D eigenvalue weighted by Crippen LogP contribution is 1.91. The van der Waals surface area contributed by atoms with Crippen molar-refractivity contribution in [1.29, 1.82) is 0 Å². The number of rotatable bonds is 6. The minimum Gasteiger partial charge on any atom is -0.356 e. The molecule has 2 heteroatoms. The molecule has 0 rings (SSSR count).